The van der Waals surface area contributed by atoms with Crippen molar-refractivity contribution < 1.29 is 0 Å². The highest BCUT2D eigenvalue weighted by Crippen LogP contribution is 2.15. The lowest BCUT2D eigenvalue weighted by Gasteiger charge is -2.06. The summed E-state index contributed by atoms with van der Waals surface area (Å²) in [6.07, 6.45) is 30.6. The van der Waals surface area contributed by atoms with Crippen LogP contribution in [0.4, 0.5) is 0 Å². The molecule has 0 bridgehead atoms. The molecule has 0 aromatic heterocycles. The van der Waals surface area contributed by atoms with Crippen LogP contribution in [0.15, 0.2) is 24.8 Å². The molecule has 0 aliphatic heterocycles. The first-order valence-corrected chi connectivity index (χ1v) is 11.1. The van der Waals surface area contributed by atoms with E-state index in [1.165, 1.54) is 109 Å². The second kappa shape index (κ2) is 20.5. The number of hydrogen-bond acceptors (Lipinski definition) is 0. The first-order chi connectivity index (χ1) is 11.8. The van der Waals surface area contributed by atoms with E-state index < -0.39 is 0 Å². The van der Waals surface area contributed by atoms with E-state index in [0.717, 1.165) is 5.92 Å². The van der Waals surface area contributed by atoms with E-state index in [1.54, 1.807) is 0 Å². The summed E-state index contributed by atoms with van der Waals surface area (Å²) in [6.45, 7) is 8.45. The summed E-state index contributed by atoms with van der Waals surface area (Å²) in [5.41, 5.74) is 0. The fourth-order valence-corrected chi connectivity index (χ4v) is 3.28. The van der Waals surface area contributed by atoms with Crippen LogP contribution in [-0.2, 0) is 0 Å². The molecule has 1 unspecified atom stereocenters. The van der Waals surface area contributed by atoms with Gasteiger partial charge in [0.05, 0.1) is 0 Å². The maximum Gasteiger partial charge on any atom is -0.0262 e. The molecule has 0 amide bonds. The van der Waals surface area contributed by atoms with E-state index in [2.05, 4.69) is 32.6 Å². The zero-order valence-corrected chi connectivity index (χ0v) is 17.0. The van der Waals surface area contributed by atoms with Crippen LogP contribution < -0.4 is 0 Å². The lowest BCUT2D eigenvalue weighted by Crippen LogP contribution is -1.90. The van der Waals surface area contributed by atoms with Gasteiger partial charge in [-0.3, -0.25) is 0 Å². The average molecular weight is 335 g/mol. The smallest absolute Gasteiger partial charge is 0.0262 e. The van der Waals surface area contributed by atoms with Gasteiger partial charge >= 0.3 is 0 Å². The largest absolute Gasteiger partial charge is 0.103 e. The third-order valence-corrected chi connectivity index (χ3v) is 5.01. The van der Waals surface area contributed by atoms with Crippen molar-refractivity contribution in [1.82, 2.24) is 0 Å². The minimum Gasteiger partial charge on any atom is -0.103 e. The quantitative estimate of drug-likeness (QED) is 0.163. The van der Waals surface area contributed by atoms with Crippen LogP contribution in [0.5, 0.6) is 0 Å². The molecule has 0 heteroatoms. The summed E-state index contributed by atoms with van der Waals surface area (Å²) in [5, 5.41) is 0. The highest BCUT2D eigenvalue weighted by Gasteiger charge is 1.97. The predicted molar refractivity (Wildman–Crippen MR) is 113 cm³/mol. The molecule has 24 heavy (non-hydrogen) atoms. The van der Waals surface area contributed by atoms with Crippen LogP contribution in [0.3, 0.4) is 0 Å². The fraction of sp³-hybridized carbons (Fsp3) is 0.833. The summed E-state index contributed by atoms with van der Waals surface area (Å²) in [5.74, 6) is 0.781. The molecule has 142 valence electrons. The molecule has 0 fully saturated rings. The molecule has 0 saturated heterocycles. The van der Waals surface area contributed by atoms with E-state index in [1.807, 2.05) is 6.08 Å². The van der Waals surface area contributed by atoms with Crippen LogP contribution >= 0.6 is 0 Å². The molecule has 1 atom stereocenters. The third-order valence-electron chi connectivity index (χ3n) is 5.01. The summed E-state index contributed by atoms with van der Waals surface area (Å²) in [4.78, 5) is 0. The summed E-state index contributed by atoms with van der Waals surface area (Å²) in [7, 11) is 0. The Kier molecular flexibility index (Phi) is 20.1. The Labute approximate surface area is 154 Å². The molecule has 0 aromatic carbocycles. The van der Waals surface area contributed by atoms with E-state index in [9.17, 15) is 0 Å². The van der Waals surface area contributed by atoms with Crippen molar-refractivity contribution in [3.05, 3.63) is 24.8 Å². The molecule has 0 rings (SSSR count). The van der Waals surface area contributed by atoms with E-state index in [-0.39, 0.29) is 0 Å². The maximum absolute atomic E-state index is 3.78. The van der Waals surface area contributed by atoms with Crippen LogP contribution in [0.25, 0.3) is 0 Å². The van der Waals surface area contributed by atoms with Gasteiger partial charge in [-0.25, -0.2) is 0 Å². The van der Waals surface area contributed by atoms with Gasteiger partial charge in [0.2, 0.25) is 0 Å². The molecule has 0 aliphatic carbocycles. The second-order valence-electron chi connectivity index (χ2n) is 7.66. The van der Waals surface area contributed by atoms with Crippen molar-refractivity contribution in [2.24, 2.45) is 5.92 Å². The lowest BCUT2D eigenvalue weighted by molar-refractivity contribution is 0.530. The first-order valence-electron chi connectivity index (χ1n) is 11.1. The molecule has 0 nitrogen and oxygen atoms in total. The normalized spacial score (nSPS) is 12.8. The third kappa shape index (κ3) is 19.5. The molecular weight excluding hydrogens is 288 g/mol. The Morgan fingerprint density at radius 1 is 0.667 bits per heavy atom. The van der Waals surface area contributed by atoms with E-state index in [4.69, 9.17) is 0 Å². The highest BCUT2D eigenvalue weighted by molar-refractivity contribution is 4.86. The van der Waals surface area contributed by atoms with Crippen molar-refractivity contribution >= 4 is 0 Å². The van der Waals surface area contributed by atoms with Crippen LogP contribution in [0.2, 0.25) is 0 Å². The summed E-state index contributed by atoms with van der Waals surface area (Å²) < 4.78 is 0. The van der Waals surface area contributed by atoms with Gasteiger partial charge in [-0.1, -0.05) is 109 Å². The van der Waals surface area contributed by atoms with Crippen molar-refractivity contribution in [2.45, 2.75) is 123 Å². The number of allylic oxidation sites excluding steroid dienone is 3. The first kappa shape index (κ1) is 23.5. The van der Waals surface area contributed by atoms with Crippen molar-refractivity contribution in [3.8, 4) is 0 Å². The molecule has 0 heterocycles. The maximum atomic E-state index is 3.78. The van der Waals surface area contributed by atoms with Gasteiger partial charge in [-0.05, 0) is 38.0 Å². The Bertz CT molecular complexity index is 263. The number of hydrogen-bond donors (Lipinski definition) is 0. The Morgan fingerprint density at radius 3 is 1.75 bits per heavy atom. The lowest BCUT2D eigenvalue weighted by atomic mass is 10.0. The fourth-order valence-electron chi connectivity index (χ4n) is 3.28. The SMILES string of the molecule is C=CCCCCCCCCCCC(C)C=CCCCCCCCC. The molecule has 0 aliphatic rings. The topological polar surface area (TPSA) is 0 Å². The highest BCUT2D eigenvalue weighted by atomic mass is 14.0. The van der Waals surface area contributed by atoms with Crippen LogP contribution in [0, 0.1) is 5.92 Å². The zero-order valence-electron chi connectivity index (χ0n) is 17.0. The Balaban J connectivity index is 3.23. The second-order valence-corrected chi connectivity index (χ2v) is 7.66. The Morgan fingerprint density at radius 2 is 1.17 bits per heavy atom. The number of unbranched alkanes of at least 4 members (excludes halogenated alkanes) is 14. The minimum atomic E-state index is 0.781. The standard InChI is InChI=1S/C24H46/c1-4-6-8-10-12-14-15-17-19-21-23-24(3)22-20-18-16-13-11-9-7-5-2/h4,20,22,24H,1,5-19,21,23H2,2-3H3. The molecule has 0 aromatic rings. The van der Waals surface area contributed by atoms with Gasteiger partial charge in [-0.15, -0.1) is 6.58 Å². The van der Waals surface area contributed by atoms with Crippen LogP contribution in [-0.4, -0.2) is 0 Å². The van der Waals surface area contributed by atoms with Gasteiger partial charge in [0.1, 0.15) is 0 Å². The van der Waals surface area contributed by atoms with Gasteiger partial charge in [-0.2, -0.15) is 0 Å². The molecular formula is C24H46. The Hall–Kier alpha value is -0.520. The average Bonchev–Trinajstić information content (AvgIpc) is 2.59. The van der Waals surface area contributed by atoms with E-state index in [0.29, 0.717) is 0 Å². The molecule has 0 radical (unpaired) electrons. The van der Waals surface area contributed by atoms with Gasteiger partial charge in [0.15, 0.2) is 0 Å². The monoisotopic (exact) mass is 334 g/mol. The molecule has 0 spiro atoms. The summed E-state index contributed by atoms with van der Waals surface area (Å²) in [6, 6.07) is 0. The van der Waals surface area contributed by atoms with Gasteiger partial charge < -0.3 is 0 Å². The zero-order chi connectivity index (χ0) is 17.7. The molecule has 0 saturated carbocycles. The van der Waals surface area contributed by atoms with Crippen LogP contribution in [0.1, 0.15) is 123 Å². The summed E-state index contributed by atoms with van der Waals surface area (Å²) >= 11 is 0. The van der Waals surface area contributed by atoms with Gasteiger partial charge in [0, 0.05) is 0 Å². The van der Waals surface area contributed by atoms with Crippen molar-refractivity contribution in [2.75, 3.05) is 0 Å². The number of rotatable bonds is 19. The minimum absolute atomic E-state index is 0.781. The van der Waals surface area contributed by atoms with Crippen molar-refractivity contribution in [3.63, 3.8) is 0 Å². The van der Waals surface area contributed by atoms with Gasteiger partial charge in [0.25, 0.3) is 0 Å². The molecule has 0 N–H and O–H groups in total. The van der Waals surface area contributed by atoms with Crippen molar-refractivity contribution in [1.29, 1.82) is 0 Å². The predicted octanol–water partition coefficient (Wildman–Crippen LogP) is 9.02. The van der Waals surface area contributed by atoms with E-state index >= 15 is 0 Å².